The van der Waals surface area contributed by atoms with Crippen LogP contribution >= 0.6 is 11.6 Å². The van der Waals surface area contributed by atoms with Gasteiger partial charge in [-0.1, -0.05) is 12.8 Å². The lowest BCUT2D eigenvalue weighted by molar-refractivity contribution is 0.0652. The molecule has 0 aromatic heterocycles. The number of halogens is 1. The van der Waals surface area contributed by atoms with Crippen LogP contribution in [0.4, 0.5) is 0 Å². The molecule has 0 aromatic rings. The molecule has 0 bridgehead atoms. The van der Waals surface area contributed by atoms with Crippen LogP contribution < -0.4 is 0 Å². The number of ether oxygens (including phenoxy) is 1. The van der Waals surface area contributed by atoms with Crippen LogP contribution in [0, 0.1) is 5.92 Å². The summed E-state index contributed by atoms with van der Waals surface area (Å²) in [6, 6.07) is 0. The number of hydrogen-bond acceptors (Lipinski definition) is 1. The van der Waals surface area contributed by atoms with Gasteiger partial charge in [0.2, 0.25) is 0 Å². The van der Waals surface area contributed by atoms with Gasteiger partial charge in [-0.3, -0.25) is 0 Å². The predicted molar refractivity (Wildman–Crippen MR) is 57.3 cm³/mol. The molecule has 0 heterocycles. The Kier molecular flexibility index (Phi) is 5.12. The van der Waals surface area contributed by atoms with E-state index in [4.69, 9.17) is 16.3 Å². The summed E-state index contributed by atoms with van der Waals surface area (Å²) in [4.78, 5) is 0. The summed E-state index contributed by atoms with van der Waals surface area (Å²) in [6.07, 6.45) is 6.68. The predicted octanol–water partition coefficient (Wildman–Crippen LogP) is 3.60. The van der Waals surface area contributed by atoms with Crippen molar-refractivity contribution in [3.8, 4) is 0 Å². The van der Waals surface area contributed by atoms with E-state index in [-0.39, 0.29) is 0 Å². The third-order valence-electron chi connectivity index (χ3n) is 2.76. The Morgan fingerprint density at radius 3 is 2.62 bits per heavy atom. The van der Waals surface area contributed by atoms with Crippen molar-refractivity contribution in [2.24, 2.45) is 5.92 Å². The highest BCUT2D eigenvalue weighted by Crippen LogP contribution is 2.30. The zero-order valence-electron chi connectivity index (χ0n) is 8.76. The van der Waals surface area contributed by atoms with Crippen LogP contribution in [-0.4, -0.2) is 18.1 Å². The number of hydrogen-bond donors (Lipinski definition) is 0. The maximum absolute atomic E-state index is 6.24. The zero-order chi connectivity index (χ0) is 9.68. The minimum Gasteiger partial charge on any atom is -0.379 e. The average molecular weight is 205 g/mol. The van der Waals surface area contributed by atoms with Crippen molar-refractivity contribution in [2.75, 3.05) is 6.61 Å². The first kappa shape index (κ1) is 11.3. The van der Waals surface area contributed by atoms with Gasteiger partial charge in [-0.15, -0.1) is 11.6 Å². The highest BCUT2D eigenvalue weighted by Gasteiger charge is 2.22. The number of rotatable bonds is 4. The Morgan fingerprint density at radius 2 is 2.00 bits per heavy atom. The van der Waals surface area contributed by atoms with E-state index in [1.54, 1.807) is 0 Å². The molecule has 0 N–H and O–H groups in total. The molecule has 1 rings (SSSR count). The molecule has 78 valence electrons. The third kappa shape index (κ3) is 4.33. The third-order valence-corrected chi connectivity index (χ3v) is 3.33. The van der Waals surface area contributed by atoms with Crippen LogP contribution in [0.1, 0.15) is 46.0 Å². The summed E-state index contributed by atoms with van der Waals surface area (Å²) in [5.74, 6) is 0.703. The summed E-state index contributed by atoms with van der Waals surface area (Å²) >= 11 is 6.24. The molecule has 2 heteroatoms. The van der Waals surface area contributed by atoms with Crippen molar-refractivity contribution in [3.63, 3.8) is 0 Å². The summed E-state index contributed by atoms with van der Waals surface area (Å²) in [5.41, 5.74) is 0. The Balaban J connectivity index is 2.11. The first-order chi connectivity index (χ1) is 6.20. The van der Waals surface area contributed by atoms with E-state index in [0.717, 1.165) is 13.0 Å². The average Bonchev–Trinajstić information content (AvgIpc) is 2.08. The van der Waals surface area contributed by atoms with E-state index < -0.39 is 0 Å². The van der Waals surface area contributed by atoms with E-state index >= 15 is 0 Å². The summed E-state index contributed by atoms with van der Waals surface area (Å²) in [5, 5.41) is 0.407. The largest absolute Gasteiger partial charge is 0.379 e. The zero-order valence-corrected chi connectivity index (χ0v) is 9.52. The van der Waals surface area contributed by atoms with Crippen molar-refractivity contribution in [3.05, 3.63) is 0 Å². The fourth-order valence-corrected chi connectivity index (χ4v) is 2.35. The van der Waals surface area contributed by atoms with Gasteiger partial charge in [-0.25, -0.2) is 0 Å². The fourth-order valence-electron chi connectivity index (χ4n) is 1.94. The maximum atomic E-state index is 6.24. The molecule has 0 aromatic carbocycles. The molecule has 1 aliphatic rings. The quantitative estimate of drug-likeness (QED) is 0.636. The van der Waals surface area contributed by atoms with E-state index in [1.807, 2.05) is 0 Å². The van der Waals surface area contributed by atoms with Crippen LogP contribution in [0.25, 0.3) is 0 Å². The summed E-state index contributed by atoms with van der Waals surface area (Å²) < 4.78 is 5.53. The monoisotopic (exact) mass is 204 g/mol. The first-order valence-electron chi connectivity index (χ1n) is 5.46. The Morgan fingerprint density at radius 1 is 1.31 bits per heavy atom. The Hall–Kier alpha value is 0.250. The SMILES string of the molecule is CC(C)OCCC1CCCCC1Cl. The van der Waals surface area contributed by atoms with Crippen molar-refractivity contribution in [1.29, 1.82) is 0 Å². The molecular formula is C11H21ClO. The van der Waals surface area contributed by atoms with Gasteiger partial charge < -0.3 is 4.74 Å². The first-order valence-corrected chi connectivity index (χ1v) is 5.89. The molecule has 0 aliphatic heterocycles. The second kappa shape index (κ2) is 5.87. The van der Waals surface area contributed by atoms with Crippen LogP contribution in [0.5, 0.6) is 0 Å². The van der Waals surface area contributed by atoms with Gasteiger partial charge in [0.05, 0.1) is 6.10 Å². The highest BCUT2D eigenvalue weighted by molar-refractivity contribution is 6.20. The van der Waals surface area contributed by atoms with E-state index in [2.05, 4.69) is 13.8 Å². The van der Waals surface area contributed by atoms with E-state index in [0.29, 0.717) is 17.4 Å². The van der Waals surface area contributed by atoms with Crippen molar-refractivity contribution < 1.29 is 4.74 Å². The lowest BCUT2D eigenvalue weighted by Gasteiger charge is -2.27. The molecule has 2 atom stereocenters. The smallest absolute Gasteiger partial charge is 0.0518 e. The van der Waals surface area contributed by atoms with Gasteiger partial charge in [-0.05, 0) is 39.0 Å². The van der Waals surface area contributed by atoms with Crippen LogP contribution in [0.15, 0.2) is 0 Å². The van der Waals surface area contributed by atoms with Crippen molar-refractivity contribution >= 4 is 11.6 Å². The van der Waals surface area contributed by atoms with E-state index in [1.165, 1.54) is 25.7 Å². The second-order valence-corrected chi connectivity index (χ2v) is 4.83. The molecule has 0 spiro atoms. The summed E-state index contributed by atoms with van der Waals surface area (Å²) in [6.45, 7) is 5.05. The lowest BCUT2D eigenvalue weighted by atomic mass is 9.87. The Labute approximate surface area is 86.8 Å². The lowest BCUT2D eigenvalue weighted by Crippen LogP contribution is -2.21. The molecular weight excluding hydrogens is 184 g/mol. The minimum atomic E-state index is 0.359. The molecule has 1 fully saturated rings. The molecule has 13 heavy (non-hydrogen) atoms. The maximum Gasteiger partial charge on any atom is 0.0518 e. The molecule has 2 unspecified atom stereocenters. The molecule has 0 saturated heterocycles. The van der Waals surface area contributed by atoms with Crippen molar-refractivity contribution in [2.45, 2.75) is 57.4 Å². The van der Waals surface area contributed by atoms with Gasteiger partial charge in [0.1, 0.15) is 0 Å². The molecule has 1 nitrogen and oxygen atoms in total. The van der Waals surface area contributed by atoms with Gasteiger partial charge in [0.15, 0.2) is 0 Å². The standard InChI is InChI=1S/C11H21ClO/c1-9(2)13-8-7-10-5-3-4-6-11(10)12/h9-11H,3-8H2,1-2H3. The van der Waals surface area contributed by atoms with Crippen LogP contribution in [0.2, 0.25) is 0 Å². The topological polar surface area (TPSA) is 9.23 Å². The highest BCUT2D eigenvalue weighted by atomic mass is 35.5. The molecule has 0 radical (unpaired) electrons. The van der Waals surface area contributed by atoms with Crippen molar-refractivity contribution in [1.82, 2.24) is 0 Å². The number of alkyl halides is 1. The van der Waals surface area contributed by atoms with Gasteiger partial charge in [0.25, 0.3) is 0 Å². The van der Waals surface area contributed by atoms with Gasteiger partial charge in [-0.2, -0.15) is 0 Å². The van der Waals surface area contributed by atoms with E-state index in [9.17, 15) is 0 Å². The van der Waals surface area contributed by atoms with Crippen LogP contribution in [0.3, 0.4) is 0 Å². The molecule has 1 saturated carbocycles. The Bertz CT molecular complexity index is 136. The fraction of sp³-hybridized carbons (Fsp3) is 1.00. The molecule has 0 amide bonds. The van der Waals surface area contributed by atoms with Crippen LogP contribution in [-0.2, 0) is 4.74 Å². The van der Waals surface area contributed by atoms with Gasteiger partial charge >= 0.3 is 0 Å². The normalized spacial score (nSPS) is 29.5. The second-order valence-electron chi connectivity index (χ2n) is 4.27. The summed E-state index contributed by atoms with van der Waals surface area (Å²) in [7, 11) is 0. The molecule has 1 aliphatic carbocycles. The van der Waals surface area contributed by atoms with Gasteiger partial charge in [0, 0.05) is 12.0 Å². The minimum absolute atomic E-state index is 0.359.